The van der Waals surface area contributed by atoms with Crippen LogP contribution in [0.3, 0.4) is 0 Å². The molecule has 2 amide bonds. The number of nitrogens with zero attached hydrogens (tertiary/aromatic N) is 4. The average Bonchev–Trinajstić information content (AvgIpc) is 3.58. The first-order valence-electron chi connectivity index (χ1n) is 25.5. The van der Waals surface area contributed by atoms with Gasteiger partial charge in [-0.1, -0.05) is 36.4 Å². The number of amides is 2. The van der Waals surface area contributed by atoms with Crippen molar-refractivity contribution >= 4 is 41.0 Å². The third-order valence-corrected chi connectivity index (χ3v) is 15.3. The molecule has 1 saturated carbocycles. The largest absolute Gasteiger partial charge is 0.507 e. The summed E-state index contributed by atoms with van der Waals surface area (Å²) in [7, 11) is 1.30. The molecule has 0 spiro atoms. The van der Waals surface area contributed by atoms with Crippen molar-refractivity contribution in [2.45, 2.75) is 107 Å². The molecule has 10 unspecified atom stereocenters. The van der Waals surface area contributed by atoms with E-state index in [0.29, 0.717) is 31.2 Å². The molecule has 2 aromatic heterocycles. The highest BCUT2D eigenvalue weighted by Crippen LogP contribution is 2.53. The van der Waals surface area contributed by atoms with Gasteiger partial charge in [0.25, 0.3) is 0 Å². The summed E-state index contributed by atoms with van der Waals surface area (Å²) in [6.45, 7) is 0.161. The summed E-state index contributed by atoms with van der Waals surface area (Å²) < 4.78 is 28.7. The second-order valence-electron chi connectivity index (χ2n) is 20.0. The minimum absolute atomic E-state index is 0.0195. The maximum absolute atomic E-state index is 14.1. The Morgan fingerprint density at radius 1 is 0.795 bits per heavy atom. The van der Waals surface area contributed by atoms with Crippen LogP contribution < -0.4 is 25.8 Å². The Hall–Kier alpha value is -7.99. The molecule has 5 aliphatic rings. The number of fused-ring (bicyclic) bond motifs is 4. The van der Waals surface area contributed by atoms with Crippen LogP contribution in [0.25, 0.3) is 0 Å². The first-order valence-corrected chi connectivity index (χ1v) is 25.5. The van der Waals surface area contributed by atoms with Gasteiger partial charge < -0.3 is 65.6 Å². The second-order valence-corrected chi connectivity index (χ2v) is 20.0. The van der Waals surface area contributed by atoms with Gasteiger partial charge in [0.15, 0.2) is 17.9 Å². The smallest absolute Gasteiger partial charge is 0.412 e. The number of phenolic OH excluding ortho intramolecular Hbond substituents is 2. The summed E-state index contributed by atoms with van der Waals surface area (Å²) in [5, 5.41) is 71.1. The van der Waals surface area contributed by atoms with E-state index < -0.39 is 120 Å². The lowest BCUT2D eigenvalue weighted by molar-refractivity contribution is -0.249. The molecule has 3 aromatic carbocycles. The number of nitrogens with two attached hydrogens (primary N) is 1. The topological polar surface area (TPSA) is 333 Å². The number of aromatic nitrogens is 2. The van der Waals surface area contributed by atoms with Crippen molar-refractivity contribution in [3.63, 3.8) is 0 Å². The molecule has 5 aromatic rings. The third kappa shape index (κ3) is 10.3. The number of nitrogens with one attached hydrogen (secondary N) is 2. The van der Waals surface area contributed by atoms with Crippen LogP contribution in [0.1, 0.15) is 111 Å². The van der Waals surface area contributed by atoms with E-state index in [-0.39, 0.29) is 58.6 Å². The Morgan fingerprint density at radius 3 is 2.09 bits per heavy atom. The number of alkyl carbamates (subject to hydrolysis) is 1. The fraction of sp³-hybridized carbons (Fsp3) is 0.375. The summed E-state index contributed by atoms with van der Waals surface area (Å²) >= 11 is 0. The molecule has 0 bridgehead atoms. The number of hydrogen-bond acceptors (Lipinski definition) is 20. The third-order valence-electron chi connectivity index (χ3n) is 15.3. The molecule has 10 atom stereocenters. The van der Waals surface area contributed by atoms with Crippen LogP contribution >= 0.6 is 0 Å². The molecule has 1 saturated heterocycles. The van der Waals surface area contributed by atoms with Crippen molar-refractivity contribution in [3.8, 4) is 23.0 Å². The van der Waals surface area contributed by atoms with Gasteiger partial charge in [-0.15, -0.1) is 0 Å². The molecule has 3 aliphatic carbocycles. The fourth-order valence-electron chi connectivity index (χ4n) is 11.3. The summed E-state index contributed by atoms with van der Waals surface area (Å²) in [5.41, 5.74) is 6.04. The zero-order chi connectivity index (χ0) is 55.0. The summed E-state index contributed by atoms with van der Waals surface area (Å²) in [6, 6.07) is 20.0. The minimum atomic E-state index is -2.39. The number of carbonyl (C=O) groups excluding carboxylic acids is 5. The summed E-state index contributed by atoms with van der Waals surface area (Å²) in [4.78, 5) is 76.7. The predicted octanol–water partition coefficient (Wildman–Crippen LogP) is 4.26. The molecule has 10 rings (SSSR count). The van der Waals surface area contributed by atoms with Crippen molar-refractivity contribution in [3.05, 3.63) is 142 Å². The van der Waals surface area contributed by atoms with Crippen molar-refractivity contribution in [2.24, 2.45) is 27.8 Å². The van der Waals surface area contributed by atoms with Gasteiger partial charge in [0.1, 0.15) is 47.9 Å². The number of aliphatic hydroxyl groups is 3. The number of phenols is 2. The van der Waals surface area contributed by atoms with E-state index in [9.17, 15) is 49.5 Å². The lowest BCUT2D eigenvalue weighted by Gasteiger charge is -2.42. The summed E-state index contributed by atoms with van der Waals surface area (Å²) in [5.74, 6) is -4.09. The molecule has 0 radical (unpaired) electrons. The van der Waals surface area contributed by atoms with Crippen molar-refractivity contribution in [1.29, 1.82) is 0 Å². The van der Waals surface area contributed by atoms with Crippen LogP contribution in [0, 0.1) is 11.8 Å². The normalized spacial score (nSPS) is 26.5. The van der Waals surface area contributed by atoms with E-state index in [2.05, 4.69) is 30.8 Å². The van der Waals surface area contributed by atoms with E-state index in [4.69, 9.17) is 29.4 Å². The number of aliphatic hydroxyl groups excluding tert-OH is 2. The maximum Gasteiger partial charge on any atom is 0.412 e. The molecular weight excluding hydrogens is 1010 g/mol. The number of aromatic hydroxyl groups is 2. The number of hydrogen-bond donors (Lipinski definition) is 8. The molecule has 22 heteroatoms. The number of pyridine rings is 2. The highest BCUT2D eigenvalue weighted by atomic mass is 16.7. The van der Waals surface area contributed by atoms with Gasteiger partial charge in [-0.3, -0.25) is 24.4 Å². The van der Waals surface area contributed by atoms with E-state index in [1.165, 1.54) is 44.4 Å². The van der Waals surface area contributed by atoms with Crippen LogP contribution in [0.5, 0.6) is 23.0 Å². The number of rotatable bonds is 12. The van der Waals surface area contributed by atoms with Gasteiger partial charge in [0, 0.05) is 72.3 Å². The number of ketones is 3. The lowest BCUT2D eigenvalue weighted by Crippen LogP contribution is -2.56. The van der Waals surface area contributed by atoms with Crippen LogP contribution in [0.2, 0.25) is 0 Å². The standard InChI is InChI=1S/C56H57N7O15/c1-27-49(66)38(22-42(76-27)78-40-24-56(73,41(65)25-64)23-33-44(40)53(70)46-45(51(33)68)50(67)32-8-7-11-39(74-2)43(32)52(46)69)61-54(71)75-26-28-12-14-29(15-13-28)77-55(72)60-35-19-17-31-30(16-18-34(35)57)47(36-9-3-5-20-58-36)62-63-48(31)37-10-4-6-21-59-37/h3-15,20-21,27,30-31,34-35,38,40,42,49,64,66,68,70,73H,16-19,22-26,57H2,1-2H3,(H,60,72)(H,61,71). The van der Waals surface area contributed by atoms with Crippen molar-refractivity contribution in [1.82, 2.24) is 20.6 Å². The van der Waals surface area contributed by atoms with Gasteiger partial charge in [-0.25, -0.2) is 9.59 Å². The Labute approximate surface area is 446 Å². The SMILES string of the molecule is COc1cccc2c1C(=O)c1c(O)c3c(c(O)c1C2=O)CC(O)(C(=O)CO)CC3OC1CC(NC(=O)OCc2ccc(OC(=O)NC3CCC4C(c5ccccn5)=NN=C(c5ccccn5)C4CCC3N)cc2)C(O)C(C)O1. The number of methoxy groups -OCH3 is 1. The molecule has 78 heavy (non-hydrogen) atoms. The Balaban J connectivity index is 0.764. The molecule has 4 heterocycles. The Bertz CT molecular complexity index is 3210. The number of benzene rings is 3. The predicted molar refractivity (Wildman–Crippen MR) is 275 cm³/mol. The van der Waals surface area contributed by atoms with E-state index in [1.807, 2.05) is 36.4 Å². The first kappa shape index (κ1) is 53.4. The van der Waals surface area contributed by atoms with Gasteiger partial charge >= 0.3 is 12.2 Å². The van der Waals surface area contributed by atoms with Gasteiger partial charge in [0.2, 0.25) is 5.78 Å². The number of ether oxygens (including phenoxy) is 5. The zero-order valence-electron chi connectivity index (χ0n) is 42.4. The molecule has 2 aliphatic heterocycles. The van der Waals surface area contributed by atoms with E-state index in [0.717, 1.165) is 22.8 Å². The number of Topliss-reactive ketones (excluding diaryl/α,β-unsaturated/α-hetero) is 1. The van der Waals surface area contributed by atoms with E-state index in [1.54, 1.807) is 24.5 Å². The van der Waals surface area contributed by atoms with Crippen LogP contribution in [-0.2, 0) is 32.0 Å². The molecule has 9 N–H and O–H groups in total. The van der Waals surface area contributed by atoms with Crippen LogP contribution in [0.4, 0.5) is 9.59 Å². The minimum Gasteiger partial charge on any atom is -0.507 e. The van der Waals surface area contributed by atoms with Gasteiger partial charge in [-0.05, 0) is 80.6 Å². The highest BCUT2D eigenvalue weighted by molar-refractivity contribution is 6.31. The molecule has 2 fully saturated rings. The van der Waals surface area contributed by atoms with E-state index >= 15 is 0 Å². The molecule has 22 nitrogen and oxygen atoms in total. The fourth-order valence-corrected chi connectivity index (χ4v) is 11.3. The lowest BCUT2D eigenvalue weighted by atomic mass is 9.72. The van der Waals surface area contributed by atoms with Gasteiger partial charge in [0.05, 0.1) is 64.9 Å². The monoisotopic (exact) mass is 1070 g/mol. The molecule has 406 valence electrons. The second kappa shape index (κ2) is 22.2. The maximum atomic E-state index is 14.1. The highest BCUT2D eigenvalue weighted by Gasteiger charge is 2.51. The Kier molecular flexibility index (Phi) is 15.2. The Morgan fingerprint density at radius 2 is 1.45 bits per heavy atom. The summed E-state index contributed by atoms with van der Waals surface area (Å²) in [6.07, 6.45) is -2.46. The number of carbonyl (C=O) groups is 5. The van der Waals surface area contributed by atoms with Crippen LogP contribution in [-0.4, -0.2) is 132 Å². The van der Waals surface area contributed by atoms with Gasteiger partial charge in [-0.2, -0.15) is 10.2 Å². The first-order chi connectivity index (χ1) is 37.6. The zero-order valence-corrected chi connectivity index (χ0v) is 42.4. The van der Waals surface area contributed by atoms with Crippen molar-refractivity contribution < 1.29 is 73.2 Å². The van der Waals surface area contributed by atoms with Crippen LogP contribution in [0.15, 0.2) is 101 Å². The molecular formula is C56H57N7O15. The quantitative estimate of drug-likeness (QED) is 0.0794. The average molecular weight is 1070 g/mol. The van der Waals surface area contributed by atoms with Crippen molar-refractivity contribution in [2.75, 3.05) is 13.7 Å².